The van der Waals surface area contributed by atoms with Crippen molar-refractivity contribution in [2.45, 2.75) is 6.92 Å². The standard InChI is InChI=1S/C18N12.C2H3N/c1-22-16-9(6-21)27-12-10-11(26-8(5-20)7(4-19)25-10)14-15(13(12)28-16)30-18(24-3)17(23-2)29-14;1-2-3/h;1H3. The molecule has 3 heterocycles. The van der Waals surface area contributed by atoms with Crippen LogP contribution in [0.4, 0.5) is 17.5 Å². The molecule has 0 fully saturated rings. The zero-order valence-electron chi connectivity index (χ0n) is 16.3. The van der Waals surface area contributed by atoms with Crippen LogP contribution in [-0.2, 0) is 0 Å². The minimum atomic E-state index is -0.298. The van der Waals surface area contributed by atoms with Gasteiger partial charge in [0, 0.05) is 6.92 Å². The van der Waals surface area contributed by atoms with Gasteiger partial charge in [-0.2, -0.15) is 21.0 Å². The predicted octanol–water partition coefficient (Wildman–Crippen LogP) is 3.31. The Kier molecular flexibility index (Phi) is 5.56. The average Bonchev–Trinajstić information content (AvgIpc) is 2.86. The van der Waals surface area contributed by atoms with E-state index in [0.29, 0.717) is 0 Å². The highest BCUT2D eigenvalue weighted by atomic mass is 15.0. The first-order valence-electron chi connectivity index (χ1n) is 8.42. The van der Waals surface area contributed by atoms with Gasteiger partial charge in [-0.3, -0.25) is 0 Å². The molecule has 33 heavy (non-hydrogen) atoms. The van der Waals surface area contributed by atoms with Crippen LogP contribution in [0.15, 0.2) is 0 Å². The van der Waals surface area contributed by atoms with E-state index >= 15 is 0 Å². The maximum absolute atomic E-state index is 9.30. The summed E-state index contributed by atoms with van der Waals surface area (Å²) in [5, 5.41) is 35.2. The van der Waals surface area contributed by atoms with E-state index in [9.17, 15) is 15.8 Å². The second kappa shape index (κ2) is 8.58. The van der Waals surface area contributed by atoms with Crippen molar-refractivity contribution in [3.05, 3.63) is 51.3 Å². The summed E-state index contributed by atoms with van der Waals surface area (Å²) in [7, 11) is 0. The lowest BCUT2D eigenvalue weighted by atomic mass is 10.1. The fraction of sp³-hybridized carbons (Fsp3) is 0.0500. The van der Waals surface area contributed by atoms with Crippen molar-refractivity contribution < 1.29 is 0 Å². The topological polar surface area (TPSA) is 186 Å². The van der Waals surface area contributed by atoms with Crippen LogP contribution in [0.2, 0.25) is 0 Å². The van der Waals surface area contributed by atoms with Crippen LogP contribution in [0.3, 0.4) is 0 Å². The summed E-state index contributed by atoms with van der Waals surface area (Å²) in [5.41, 5.74) is -0.854. The average molecular weight is 425 g/mol. The summed E-state index contributed by atoms with van der Waals surface area (Å²) in [4.78, 5) is 34.4. The molecule has 13 heteroatoms. The molecule has 4 aromatic rings. The van der Waals surface area contributed by atoms with Gasteiger partial charge < -0.3 is 14.5 Å². The van der Waals surface area contributed by atoms with Crippen LogP contribution < -0.4 is 0 Å². The molecule has 0 aliphatic rings. The lowest BCUT2D eigenvalue weighted by molar-refractivity contribution is 1.19. The molecule has 148 valence electrons. The molecule has 0 N–H and O–H groups in total. The van der Waals surface area contributed by atoms with Crippen molar-refractivity contribution in [1.82, 2.24) is 29.9 Å². The molecule has 0 aliphatic carbocycles. The maximum Gasteiger partial charge on any atom is 0.307 e. The third-order valence-electron chi connectivity index (χ3n) is 3.94. The van der Waals surface area contributed by atoms with E-state index < -0.39 is 0 Å². The van der Waals surface area contributed by atoms with Crippen molar-refractivity contribution in [3.63, 3.8) is 0 Å². The Labute approximate surface area is 184 Å². The summed E-state index contributed by atoms with van der Waals surface area (Å²) >= 11 is 0. The van der Waals surface area contributed by atoms with Crippen LogP contribution >= 0.6 is 0 Å². The zero-order chi connectivity index (χ0) is 24.1. The Morgan fingerprint density at radius 3 is 1.09 bits per heavy atom. The molecular weight excluding hydrogens is 422 g/mol. The number of hydrogen-bond donors (Lipinski definition) is 0. The van der Waals surface area contributed by atoms with Crippen LogP contribution in [0, 0.1) is 65.0 Å². The number of benzene rings is 1. The second-order valence-corrected chi connectivity index (χ2v) is 5.67. The largest absolute Gasteiger partial charge is 0.370 e. The summed E-state index contributed by atoms with van der Waals surface area (Å²) in [6, 6.07) is 7.04. The van der Waals surface area contributed by atoms with Crippen molar-refractivity contribution in [1.29, 1.82) is 21.0 Å². The molecule has 0 atom stereocenters. The van der Waals surface area contributed by atoms with E-state index in [-0.39, 0.29) is 67.6 Å². The van der Waals surface area contributed by atoms with E-state index in [1.807, 2.05) is 0 Å². The first-order chi connectivity index (χ1) is 16.0. The third-order valence-corrected chi connectivity index (χ3v) is 3.94. The molecule has 0 bridgehead atoms. The highest BCUT2D eigenvalue weighted by molar-refractivity contribution is 6.19. The molecule has 0 amide bonds. The van der Waals surface area contributed by atoms with Gasteiger partial charge >= 0.3 is 5.82 Å². The van der Waals surface area contributed by atoms with Gasteiger partial charge in [0.05, 0.1) is 6.07 Å². The summed E-state index contributed by atoms with van der Waals surface area (Å²) in [6.45, 7) is 23.1. The number of aromatic nitrogens is 6. The Morgan fingerprint density at radius 1 is 0.515 bits per heavy atom. The number of rotatable bonds is 0. The Bertz CT molecular complexity index is 1440. The Hall–Kier alpha value is -6.33. The zero-order valence-corrected chi connectivity index (χ0v) is 16.3. The number of fused-ring (bicyclic) bond motifs is 6. The van der Waals surface area contributed by atoms with Crippen molar-refractivity contribution >= 4 is 50.6 Å². The highest BCUT2D eigenvalue weighted by Crippen LogP contribution is 2.35. The molecule has 3 aromatic heterocycles. The quantitative estimate of drug-likeness (QED) is 0.299. The molecule has 0 radical (unpaired) electrons. The van der Waals surface area contributed by atoms with Gasteiger partial charge in [-0.05, 0) is 0 Å². The number of hydrogen-bond acceptors (Lipinski definition) is 10. The van der Waals surface area contributed by atoms with Crippen molar-refractivity contribution in [3.8, 4) is 24.3 Å². The van der Waals surface area contributed by atoms with E-state index in [1.165, 1.54) is 6.92 Å². The minimum Gasteiger partial charge on any atom is -0.370 e. The van der Waals surface area contributed by atoms with Crippen LogP contribution in [0.25, 0.3) is 47.6 Å². The maximum atomic E-state index is 9.30. The highest BCUT2D eigenvalue weighted by Gasteiger charge is 2.28. The third kappa shape index (κ3) is 3.33. The fourth-order valence-electron chi connectivity index (χ4n) is 2.73. The first kappa shape index (κ1) is 21.4. The van der Waals surface area contributed by atoms with Gasteiger partial charge in [-0.25, -0.2) is 15.0 Å². The molecule has 0 aliphatic heterocycles. The molecule has 4 rings (SSSR count). The second-order valence-electron chi connectivity index (χ2n) is 5.67. The van der Waals surface area contributed by atoms with Gasteiger partial charge in [0.15, 0.2) is 17.1 Å². The molecular formula is C20H3N13. The van der Waals surface area contributed by atoms with Crippen LogP contribution in [0.5, 0.6) is 0 Å². The fourth-order valence-corrected chi connectivity index (χ4v) is 2.73. The summed E-state index contributed by atoms with van der Waals surface area (Å²) < 4.78 is 0. The van der Waals surface area contributed by atoms with E-state index in [4.69, 9.17) is 25.0 Å². The molecule has 0 spiro atoms. The minimum absolute atomic E-state index is 0.000622. The monoisotopic (exact) mass is 425 g/mol. The summed E-state index contributed by atoms with van der Waals surface area (Å²) in [5.74, 6) is -0.890. The van der Waals surface area contributed by atoms with E-state index in [2.05, 4.69) is 44.4 Å². The molecule has 0 saturated carbocycles. The van der Waals surface area contributed by atoms with Gasteiger partial charge in [0.25, 0.3) is 17.2 Å². The first-order valence-corrected chi connectivity index (χ1v) is 8.42. The molecule has 0 unspecified atom stereocenters. The van der Waals surface area contributed by atoms with E-state index in [0.717, 1.165) is 0 Å². The Balaban J connectivity index is 0.000000968. The Morgan fingerprint density at radius 2 is 0.788 bits per heavy atom. The van der Waals surface area contributed by atoms with E-state index in [1.54, 1.807) is 24.3 Å². The molecule has 0 saturated heterocycles. The van der Waals surface area contributed by atoms with Gasteiger partial charge in [-0.1, -0.05) is 19.7 Å². The van der Waals surface area contributed by atoms with Gasteiger partial charge in [0.2, 0.25) is 11.0 Å². The predicted molar refractivity (Wildman–Crippen MR) is 110 cm³/mol. The smallest absolute Gasteiger partial charge is 0.307 e. The normalized spacial score (nSPS) is 9.15. The van der Waals surface area contributed by atoms with Crippen LogP contribution in [-0.4, -0.2) is 29.9 Å². The number of nitriles is 4. The summed E-state index contributed by atoms with van der Waals surface area (Å²) in [6.07, 6.45) is 0. The van der Waals surface area contributed by atoms with Gasteiger partial charge in [-0.15, -0.1) is 15.0 Å². The molecule has 13 nitrogen and oxygen atoms in total. The molecule has 1 aromatic carbocycles. The lowest BCUT2D eigenvalue weighted by Crippen LogP contribution is -2.02. The lowest BCUT2D eigenvalue weighted by Gasteiger charge is -2.04. The SMILES string of the molecule is CC#N.[C-]#[N+]c1nc2c(nc1C#N)c1nc(C#N)c(C#N)nc1c1nc([N+]#[C-])c([N+]#[C-])nc21. The number of nitrogens with zero attached hydrogens (tertiary/aromatic N) is 13. The van der Waals surface area contributed by atoms with Gasteiger partial charge in [0.1, 0.15) is 34.8 Å². The van der Waals surface area contributed by atoms with Crippen LogP contribution in [0.1, 0.15) is 24.0 Å². The van der Waals surface area contributed by atoms with Crippen molar-refractivity contribution in [2.24, 2.45) is 0 Å². The van der Waals surface area contributed by atoms with Crippen molar-refractivity contribution in [2.75, 3.05) is 0 Å².